The van der Waals surface area contributed by atoms with Crippen LogP contribution < -0.4 is 0 Å². The Morgan fingerprint density at radius 2 is 1.61 bits per heavy atom. The molecule has 0 aromatic carbocycles. The lowest BCUT2D eigenvalue weighted by atomic mass is 10.0. The molecular formula is C17H35O4Si2. The molecule has 1 aliphatic rings. The van der Waals surface area contributed by atoms with Gasteiger partial charge in [0.05, 0.1) is 0 Å². The van der Waals surface area contributed by atoms with Gasteiger partial charge in [-0.15, -0.1) is 0 Å². The molecule has 1 saturated carbocycles. The molecule has 1 rings (SSSR count). The topological polar surface area (TPSA) is 44.8 Å². The zero-order valence-electron chi connectivity index (χ0n) is 15.9. The Bertz CT molecular complexity index is 364. The lowest BCUT2D eigenvalue weighted by Gasteiger charge is -2.38. The monoisotopic (exact) mass is 359 g/mol. The van der Waals surface area contributed by atoms with Crippen molar-refractivity contribution in [2.24, 2.45) is 0 Å². The van der Waals surface area contributed by atoms with E-state index < -0.39 is 22.6 Å². The second-order valence-corrected chi connectivity index (χ2v) is 13.7. The summed E-state index contributed by atoms with van der Waals surface area (Å²) in [6.45, 7) is 13.4. The molecular weight excluding hydrogens is 324 g/mol. The van der Waals surface area contributed by atoms with Crippen molar-refractivity contribution in [2.75, 3.05) is 13.2 Å². The maximum atomic E-state index is 13.0. The third kappa shape index (κ3) is 5.41. The summed E-state index contributed by atoms with van der Waals surface area (Å²) in [5.74, 6) is -0.0990. The molecule has 6 heteroatoms. The fourth-order valence-corrected chi connectivity index (χ4v) is 7.75. The first-order valence-corrected chi connectivity index (χ1v) is 13.5. The lowest BCUT2D eigenvalue weighted by molar-refractivity contribution is -0.139. The van der Waals surface area contributed by atoms with Gasteiger partial charge in [0.25, 0.3) is 14.3 Å². The molecule has 1 aliphatic carbocycles. The Morgan fingerprint density at radius 1 is 1.09 bits per heavy atom. The molecule has 0 aliphatic heterocycles. The van der Waals surface area contributed by atoms with Crippen LogP contribution in [0.2, 0.25) is 23.7 Å². The molecule has 0 bridgehead atoms. The standard InChI is InChI=1S/C17H35O4Si2/c1-7-17(4,22(19-8-2)20-9-3)16(18)21-23(5,6)15-13-11-10-12-14-15/h15H,7-14H2,1-6H3. The van der Waals surface area contributed by atoms with Gasteiger partial charge in [0.15, 0.2) is 0 Å². The van der Waals surface area contributed by atoms with E-state index >= 15 is 0 Å². The second kappa shape index (κ2) is 9.34. The summed E-state index contributed by atoms with van der Waals surface area (Å²) in [4.78, 5) is 13.0. The van der Waals surface area contributed by atoms with E-state index in [9.17, 15) is 4.79 Å². The summed E-state index contributed by atoms with van der Waals surface area (Å²) in [6, 6.07) is 0. The van der Waals surface area contributed by atoms with E-state index in [2.05, 4.69) is 13.1 Å². The van der Waals surface area contributed by atoms with Gasteiger partial charge >= 0.3 is 9.28 Å². The molecule has 23 heavy (non-hydrogen) atoms. The Kier molecular flexibility index (Phi) is 8.48. The number of carbonyl (C=O) groups is 1. The number of hydrogen-bond donors (Lipinski definition) is 0. The van der Waals surface area contributed by atoms with Gasteiger partial charge in [-0.05, 0) is 58.7 Å². The van der Waals surface area contributed by atoms with Crippen LogP contribution in [-0.4, -0.2) is 36.8 Å². The summed E-state index contributed by atoms with van der Waals surface area (Å²) in [7, 11) is -3.71. The molecule has 0 aromatic heterocycles. The van der Waals surface area contributed by atoms with Gasteiger partial charge in [-0.25, -0.2) is 0 Å². The van der Waals surface area contributed by atoms with Gasteiger partial charge in [0.2, 0.25) is 0 Å². The van der Waals surface area contributed by atoms with Gasteiger partial charge < -0.3 is 13.3 Å². The van der Waals surface area contributed by atoms with Crippen LogP contribution in [0.1, 0.15) is 66.2 Å². The first-order chi connectivity index (χ1) is 10.8. The van der Waals surface area contributed by atoms with Crippen LogP contribution in [0.4, 0.5) is 0 Å². The van der Waals surface area contributed by atoms with Crippen LogP contribution in [-0.2, 0) is 18.1 Å². The van der Waals surface area contributed by atoms with Crippen LogP contribution in [0.25, 0.3) is 0 Å². The summed E-state index contributed by atoms with van der Waals surface area (Å²) < 4.78 is 17.8. The van der Waals surface area contributed by atoms with Gasteiger partial charge in [0, 0.05) is 13.2 Å². The highest BCUT2D eigenvalue weighted by atomic mass is 28.4. The Labute approximate surface area is 145 Å². The molecule has 0 heterocycles. The van der Waals surface area contributed by atoms with Crippen molar-refractivity contribution in [3.05, 3.63) is 0 Å². The molecule has 1 radical (unpaired) electrons. The van der Waals surface area contributed by atoms with Crippen molar-refractivity contribution in [2.45, 2.75) is 89.9 Å². The van der Waals surface area contributed by atoms with E-state index in [1.807, 2.05) is 27.7 Å². The fraction of sp³-hybridized carbons (Fsp3) is 0.941. The molecule has 1 unspecified atom stereocenters. The van der Waals surface area contributed by atoms with Crippen LogP contribution in [0.3, 0.4) is 0 Å². The smallest absolute Gasteiger partial charge is 0.402 e. The van der Waals surface area contributed by atoms with E-state index in [1.165, 1.54) is 32.1 Å². The van der Waals surface area contributed by atoms with Gasteiger partial charge in [-0.2, -0.15) is 0 Å². The van der Waals surface area contributed by atoms with Gasteiger partial charge in [-0.1, -0.05) is 26.2 Å². The minimum absolute atomic E-state index is 0.0990. The van der Waals surface area contributed by atoms with E-state index in [0.29, 0.717) is 25.2 Å². The van der Waals surface area contributed by atoms with Crippen molar-refractivity contribution >= 4 is 23.6 Å². The van der Waals surface area contributed by atoms with E-state index in [1.54, 1.807) is 0 Å². The largest absolute Gasteiger partial charge is 0.519 e. The highest BCUT2D eigenvalue weighted by Gasteiger charge is 2.50. The first kappa shape index (κ1) is 20.9. The van der Waals surface area contributed by atoms with E-state index in [-0.39, 0.29) is 5.97 Å². The molecule has 135 valence electrons. The predicted octanol–water partition coefficient (Wildman–Crippen LogP) is 4.80. The summed E-state index contributed by atoms with van der Waals surface area (Å²) in [6.07, 6.45) is 6.99. The van der Waals surface area contributed by atoms with Crippen molar-refractivity contribution < 1.29 is 18.1 Å². The molecule has 0 aromatic rings. The van der Waals surface area contributed by atoms with Crippen molar-refractivity contribution in [1.29, 1.82) is 0 Å². The van der Waals surface area contributed by atoms with Crippen LogP contribution in [0.5, 0.6) is 0 Å². The molecule has 0 amide bonds. The summed E-state index contributed by atoms with van der Waals surface area (Å²) in [5, 5.41) is -0.643. The zero-order chi connectivity index (χ0) is 17.5. The van der Waals surface area contributed by atoms with Crippen molar-refractivity contribution in [3.63, 3.8) is 0 Å². The van der Waals surface area contributed by atoms with Crippen LogP contribution in [0.15, 0.2) is 0 Å². The first-order valence-electron chi connectivity index (χ1n) is 9.18. The second-order valence-electron chi connectivity index (χ2n) is 7.17. The minimum atomic E-state index is -2.03. The van der Waals surface area contributed by atoms with E-state index in [0.717, 1.165) is 0 Å². The van der Waals surface area contributed by atoms with Crippen LogP contribution in [0, 0.1) is 0 Å². The van der Waals surface area contributed by atoms with Crippen LogP contribution >= 0.6 is 0 Å². The molecule has 1 fully saturated rings. The molecule has 0 saturated heterocycles. The van der Waals surface area contributed by atoms with Gasteiger partial charge in [0.1, 0.15) is 5.04 Å². The number of carbonyl (C=O) groups excluding carboxylic acids is 1. The molecule has 4 nitrogen and oxygen atoms in total. The Morgan fingerprint density at radius 3 is 2.04 bits per heavy atom. The highest BCUT2D eigenvalue weighted by Crippen LogP contribution is 2.42. The third-order valence-corrected chi connectivity index (χ3v) is 10.9. The number of rotatable bonds is 9. The van der Waals surface area contributed by atoms with Gasteiger partial charge in [-0.3, -0.25) is 4.79 Å². The Balaban J connectivity index is 2.84. The number of hydrogen-bond acceptors (Lipinski definition) is 4. The highest BCUT2D eigenvalue weighted by molar-refractivity contribution is 6.74. The molecule has 1 atom stereocenters. The van der Waals surface area contributed by atoms with Crippen molar-refractivity contribution in [3.8, 4) is 0 Å². The maximum absolute atomic E-state index is 13.0. The Hall–Kier alpha value is -0.176. The van der Waals surface area contributed by atoms with E-state index in [4.69, 9.17) is 13.3 Å². The van der Waals surface area contributed by atoms with Crippen molar-refractivity contribution in [1.82, 2.24) is 0 Å². The molecule has 0 spiro atoms. The lowest BCUT2D eigenvalue weighted by Crippen LogP contribution is -2.48. The summed E-state index contributed by atoms with van der Waals surface area (Å²) >= 11 is 0. The minimum Gasteiger partial charge on any atom is -0.519 e. The fourth-order valence-electron chi connectivity index (χ4n) is 3.23. The SMILES string of the molecule is CCO[Si](OCC)C(C)(CC)C(=O)O[Si](C)(C)C1CCCCC1. The zero-order valence-corrected chi connectivity index (χ0v) is 17.9. The summed E-state index contributed by atoms with van der Waals surface area (Å²) in [5.41, 5.74) is 0.594. The normalized spacial score (nSPS) is 19.6. The predicted molar refractivity (Wildman–Crippen MR) is 98.1 cm³/mol. The quantitative estimate of drug-likeness (QED) is 0.555. The average molecular weight is 360 g/mol. The maximum Gasteiger partial charge on any atom is 0.402 e. The average Bonchev–Trinajstić information content (AvgIpc) is 2.54. The third-order valence-electron chi connectivity index (χ3n) is 5.10. The molecule has 0 N–H and O–H groups in total.